The van der Waals surface area contributed by atoms with Gasteiger partial charge >= 0.3 is 0 Å². The first-order valence-electron chi connectivity index (χ1n) is 6.36. The summed E-state index contributed by atoms with van der Waals surface area (Å²) in [6.45, 7) is 1.91. The van der Waals surface area contributed by atoms with Crippen molar-refractivity contribution in [2.75, 3.05) is 25.6 Å². The molecule has 0 radical (unpaired) electrons. The summed E-state index contributed by atoms with van der Waals surface area (Å²) in [4.78, 5) is 14.4. The second-order valence-corrected chi connectivity index (χ2v) is 4.86. The highest BCUT2D eigenvalue weighted by Gasteiger charge is 2.21. The molecule has 0 unspecified atom stereocenters. The predicted octanol–water partition coefficient (Wildman–Crippen LogP) is 0.935. The first kappa shape index (κ1) is 13.8. The van der Waals surface area contributed by atoms with Gasteiger partial charge in [-0.15, -0.1) is 0 Å². The number of nitrogens with two attached hydrogens (primary N) is 1. The van der Waals surface area contributed by atoms with Crippen molar-refractivity contribution in [1.29, 1.82) is 0 Å². The van der Waals surface area contributed by atoms with Crippen LogP contribution in [0.4, 0.5) is 10.1 Å². The van der Waals surface area contributed by atoms with Gasteiger partial charge in [0.15, 0.2) is 0 Å². The molecule has 2 rings (SSSR count). The molecule has 1 aliphatic rings. The van der Waals surface area contributed by atoms with Gasteiger partial charge in [0.05, 0.1) is 11.3 Å². The summed E-state index contributed by atoms with van der Waals surface area (Å²) in [5.74, 6) is 4.44. The van der Waals surface area contributed by atoms with Gasteiger partial charge in [0.25, 0.3) is 5.91 Å². The minimum Gasteiger partial charge on any atom is -0.349 e. The molecule has 1 fully saturated rings. The number of carbonyl (C=O) groups is 1. The van der Waals surface area contributed by atoms with E-state index in [9.17, 15) is 9.18 Å². The fraction of sp³-hybridized carbons (Fsp3) is 0.462. The Morgan fingerprint density at radius 1 is 1.42 bits per heavy atom. The van der Waals surface area contributed by atoms with Gasteiger partial charge in [-0.3, -0.25) is 10.6 Å². The normalized spacial score (nSPS) is 17.2. The molecule has 1 saturated heterocycles. The average Bonchev–Trinajstić information content (AvgIpc) is 2.41. The Morgan fingerprint density at radius 3 is 2.74 bits per heavy atom. The number of hydrogen-bond acceptors (Lipinski definition) is 4. The van der Waals surface area contributed by atoms with Gasteiger partial charge in [-0.2, -0.15) is 0 Å². The molecular formula is C13H19FN4O. The lowest BCUT2D eigenvalue weighted by molar-refractivity contribution is 0.0917. The fourth-order valence-corrected chi connectivity index (χ4v) is 2.28. The second kappa shape index (κ2) is 5.99. The molecule has 1 amide bonds. The van der Waals surface area contributed by atoms with Gasteiger partial charge in [0.1, 0.15) is 5.82 Å². The van der Waals surface area contributed by atoms with E-state index >= 15 is 0 Å². The molecule has 0 atom stereocenters. The minimum atomic E-state index is -0.529. The van der Waals surface area contributed by atoms with Crippen molar-refractivity contribution in [2.45, 2.75) is 18.9 Å². The Kier molecular flexibility index (Phi) is 4.34. The topological polar surface area (TPSA) is 70.4 Å². The number of nitrogen functional groups attached to an aromatic ring is 1. The van der Waals surface area contributed by atoms with Crippen molar-refractivity contribution in [3.05, 3.63) is 29.6 Å². The molecule has 4 N–H and O–H groups in total. The van der Waals surface area contributed by atoms with Gasteiger partial charge in [0.2, 0.25) is 0 Å². The quantitative estimate of drug-likeness (QED) is 0.562. The molecule has 0 aromatic heterocycles. The largest absolute Gasteiger partial charge is 0.349 e. The number of piperidine rings is 1. The molecule has 5 nitrogen and oxygen atoms in total. The highest BCUT2D eigenvalue weighted by Crippen LogP contribution is 2.19. The highest BCUT2D eigenvalue weighted by molar-refractivity contribution is 5.99. The van der Waals surface area contributed by atoms with Gasteiger partial charge in [0, 0.05) is 6.04 Å². The van der Waals surface area contributed by atoms with Gasteiger partial charge in [-0.1, -0.05) is 6.07 Å². The van der Waals surface area contributed by atoms with Crippen molar-refractivity contribution in [3.63, 3.8) is 0 Å². The Bertz CT molecular complexity index is 458. The number of halogens is 1. The van der Waals surface area contributed by atoms with Crippen LogP contribution >= 0.6 is 0 Å². The molecule has 19 heavy (non-hydrogen) atoms. The molecule has 1 aromatic carbocycles. The number of hydrazine groups is 1. The molecule has 104 valence electrons. The van der Waals surface area contributed by atoms with Gasteiger partial charge in [-0.05, 0) is 45.1 Å². The maximum Gasteiger partial charge on any atom is 0.253 e. The zero-order chi connectivity index (χ0) is 13.8. The smallest absolute Gasteiger partial charge is 0.253 e. The first-order chi connectivity index (χ1) is 9.11. The molecule has 1 aromatic rings. The van der Waals surface area contributed by atoms with Crippen LogP contribution in [0.15, 0.2) is 18.2 Å². The third-order valence-electron chi connectivity index (χ3n) is 3.46. The Morgan fingerprint density at radius 2 is 2.11 bits per heavy atom. The predicted molar refractivity (Wildman–Crippen MR) is 72.2 cm³/mol. The maximum atomic E-state index is 13.5. The molecule has 0 spiro atoms. The van der Waals surface area contributed by atoms with E-state index in [1.807, 2.05) is 0 Å². The highest BCUT2D eigenvalue weighted by atomic mass is 19.1. The molecular weight excluding hydrogens is 247 g/mol. The maximum absolute atomic E-state index is 13.5. The zero-order valence-electron chi connectivity index (χ0n) is 10.9. The van der Waals surface area contributed by atoms with E-state index in [1.54, 1.807) is 6.07 Å². The van der Waals surface area contributed by atoms with Gasteiger partial charge < -0.3 is 15.6 Å². The first-order valence-corrected chi connectivity index (χ1v) is 6.36. The second-order valence-electron chi connectivity index (χ2n) is 4.86. The summed E-state index contributed by atoms with van der Waals surface area (Å²) in [5, 5.41) is 2.93. The van der Waals surface area contributed by atoms with Crippen LogP contribution in [0.2, 0.25) is 0 Å². The van der Waals surface area contributed by atoms with E-state index in [2.05, 4.69) is 22.7 Å². The SMILES string of the molecule is CN1CCC(NC(=O)c2cccc(F)c2NN)CC1. The lowest BCUT2D eigenvalue weighted by atomic mass is 10.0. The van der Waals surface area contributed by atoms with Crippen LogP contribution in [0.5, 0.6) is 0 Å². The molecule has 0 bridgehead atoms. The number of hydrogen-bond donors (Lipinski definition) is 3. The van der Waals surface area contributed by atoms with E-state index in [0.29, 0.717) is 0 Å². The average molecular weight is 266 g/mol. The number of nitrogens with zero attached hydrogens (tertiary/aromatic N) is 1. The summed E-state index contributed by atoms with van der Waals surface area (Å²) in [5.41, 5.74) is 2.52. The summed E-state index contributed by atoms with van der Waals surface area (Å²) < 4.78 is 13.5. The number of amides is 1. The molecule has 0 saturated carbocycles. The summed E-state index contributed by atoms with van der Waals surface area (Å²) >= 11 is 0. The van der Waals surface area contributed by atoms with Crippen molar-refractivity contribution in [1.82, 2.24) is 10.2 Å². The minimum absolute atomic E-state index is 0.0351. The Labute approximate surface area is 111 Å². The van der Waals surface area contributed by atoms with Gasteiger partial charge in [-0.25, -0.2) is 4.39 Å². The summed E-state index contributed by atoms with van der Waals surface area (Å²) in [6.07, 6.45) is 1.81. The van der Waals surface area contributed by atoms with Crippen molar-refractivity contribution >= 4 is 11.6 Å². The molecule has 1 heterocycles. The van der Waals surface area contributed by atoms with Crippen LogP contribution in [0.25, 0.3) is 0 Å². The van der Waals surface area contributed by atoms with E-state index in [1.165, 1.54) is 12.1 Å². The Balaban J connectivity index is 2.06. The Hall–Kier alpha value is -1.66. The van der Waals surface area contributed by atoms with Crippen LogP contribution < -0.4 is 16.6 Å². The standard InChI is InChI=1S/C13H19FN4O/c1-18-7-5-9(6-8-18)16-13(19)10-3-2-4-11(14)12(10)17-15/h2-4,9,17H,5-8,15H2,1H3,(H,16,19). The monoisotopic (exact) mass is 266 g/mol. The summed E-state index contributed by atoms with van der Waals surface area (Å²) in [7, 11) is 2.06. The van der Waals surface area contributed by atoms with E-state index < -0.39 is 5.82 Å². The van der Waals surface area contributed by atoms with Crippen LogP contribution in [0.1, 0.15) is 23.2 Å². The number of rotatable bonds is 3. The van der Waals surface area contributed by atoms with E-state index in [4.69, 9.17) is 5.84 Å². The number of anilines is 1. The lowest BCUT2D eigenvalue weighted by Gasteiger charge is -2.29. The zero-order valence-corrected chi connectivity index (χ0v) is 10.9. The van der Waals surface area contributed by atoms with Crippen molar-refractivity contribution in [3.8, 4) is 0 Å². The molecule has 0 aliphatic carbocycles. The third kappa shape index (κ3) is 3.21. The van der Waals surface area contributed by atoms with E-state index in [-0.39, 0.29) is 23.2 Å². The van der Waals surface area contributed by atoms with Crippen molar-refractivity contribution < 1.29 is 9.18 Å². The van der Waals surface area contributed by atoms with Crippen LogP contribution in [0.3, 0.4) is 0 Å². The number of para-hydroxylation sites is 1. The molecule has 1 aliphatic heterocycles. The fourth-order valence-electron chi connectivity index (χ4n) is 2.28. The van der Waals surface area contributed by atoms with Crippen LogP contribution in [-0.4, -0.2) is 37.0 Å². The van der Waals surface area contributed by atoms with Crippen LogP contribution in [-0.2, 0) is 0 Å². The van der Waals surface area contributed by atoms with Crippen molar-refractivity contribution in [2.24, 2.45) is 5.84 Å². The molecule has 6 heteroatoms. The summed E-state index contributed by atoms with van der Waals surface area (Å²) in [6, 6.07) is 4.46. The number of benzene rings is 1. The number of likely N-dealkylation sites (tertiary alicyclic amines) is 1. The number of carbonyl (C=O) groups excluding carboxylic acids is 1. The third-order valence-corrected chi connectivity index (χ3v) is 3.46. The van der Waals surface area contributed by atoms with Crippen LogP contribution in [0, 0.1) is 5.82 Å². The lowest BCUT2D eigenvalue weighted by Crippen LogP contribution is -2.43. The number of nitrogens with one attached hydrogen (secondary N) is 2. The van der Waals surface area contributed by atoms with E-state index in [0.717, 1.165) is 25.9 Å².